The van der Waals surface area contributed by atoms with Crippen molar-refractivity contribution in [2.75, 3.05) is 11.5 Å². The van der Waals surface area contributed by atoms with Crippen LogP contribution in [0.1, 0.15) is 26.3 Å². The van der Waals surface area contributed by atoms with Gasteiger partial charge in [-0.2, -0.15) is 4.57 Å². The van der Waals surface area contributed by atoms with Crippen molar-refractivity contribution in [3.8, 4) is 17.2 Å². The molecule has 0 radical (unpaired) electrons. The molecule has 0 saturated carbocycles. The molecular formula is C22H25N2O4P. The highest BCUT2D eigenvalue weighted by Gasteiger charge is 2.33. The molecule has 7 heteroatoms. The molecule has 0 heterocycles. The molecule has 0 aromatic heterocycles. The molecular weight excluding hydrogens is 387 g/mol. The molecule has 4 N–H and O–H groups in total. The number of hydrogen-bond donors (Lipinski definition) is 2. The number of nitrogen functional groups attached to an aromatic ring is 2. The summed E-state index contributed by atoms with van der Waals surface area (Å²) in [7, 11) is -4.05. The van der Waals surface area contributed by atoms with E-state index in [4.69, 9.17) is 25.0 Å². The number of hydrogen-bond acceptors (Lipinski definition) is 6. The van der Waals surface area contributed by atoms with E-state index in [0.717, 1.165) is 5.56 Å². The van der Waals surface area contributed by atoms with Gasteiger partial charge in [0.2, 0.25) is 0 Å². The van der Waals surface area contributed by atoms with E-state index in [2.05, 4.69) is 20.8 Å². The molecule has 0 atom stereocenters. The van der Waals surface area contributed by atoms with Crippen LogP contribution >= 0.6 is 7.82 Å². The fourth-order valence-corrected chi connectivity index (χ4v) is 3.77. The molecule has 3 rings (SSSR count). The number of phosphoric acid groups is 1. The molecule has 6 nitrogen and oxygen atoms in total. The van der Waals surface area contributed by atoms with Crippen molar-refractivity contribution in [3.63, 3.8) is 0 Å². The summed E-state index contributed by atoms with van der Waals surface area (Å²) in [6.07, 6.45) is 0. The Morgan fingerprint density at radius 3 is 1.24 bits per heavy atom. The van der Waals surface area contributed by atoms with Gasteiger partial charge >= 0.3 is 7.82 Å². The molecule has 0 fully saturated rings. The maximum Gasteiger partial charge on any atom is 0.647 e. The Morgan fingerprint density at radius 2 is 0.931 bits per heavy atom. The Labute approximate surface area is 171 Å². The van der Waals surface area contributed by atoms with Crippen LogP contribution in [0.25, 0.3) is 0 Å². The van der Waals surface area contributed by atoms with Gasteiger partial charge in [-0.25, -0.2) is 0 Å². The van der Waals surface area contributed by atoms with Gasteiger partial charge in [-0.05, 0) is 71.6 Å². The summed E-state index contributed by atoms with van der Waals surface area (Å²) in [6, 6.07) is 20.3. The van der Waals surface area contributed by atoms with Crippen molar-refractivity contribution in [1.82, 2.24) is 0 Å². The molecule has 3 aromatic rings. The molecule has 0 aliphatic rings. The van der Waals surface area contributed by atoms with E-state index in [1.54, 1.807) is 60.7 Å². The normalized spacial score (nSPS) is 11.7. The highest BCUT2D eigenvalue weighted by Crippen LogP contribution is 2.50. The van der Waals surface area contributed by atoms with Crippen molar-refractivity contribution >= 4 is 19.2 Å². The molecule has 0 spiro atoms. The quantitative estimate of drug-likeness (QED) is 0.393. The van der Waals surface area contributed by atoms with Crippen molar-refractivity contribution in [2.24, 2.45) is 0 Å². The highest BCUT2D eigenvalue weighted by atomic mass is 31.2. The van der Waals surface area contributed by atoms with Crippen LogP contribution in [0.15, 0.2) is 72.8 Å². The lowest BCUT2D eigenvalue weighted by Crippen LogP contribution is -2.11. The first-order valence-corrected chi connectivity index (χ1v) is 10.6. The third kappa shape index (κ3) is 5.69. The fourth-order valence-electron chi connectivity index (χ4n) is 2.52. The lowest BCUT2D eigenvalue weighted by Gasteiger charge is -2.21. The van der Waals surface area contributed by atoms with E-state index >= 15 is 0 Å². The summed E-state index contributed by atoms with van der Waals surface area (Å²) < 4.78 is 30.4. The van der Waals surface area contributed by atoms with Gasteiger partial charge in [-0.1, -0.05) is 32.9 Å². The van der Waals surface area contributed by atoms with Crippen LogP contribution in [0.5, 0.6) is 17.2 Å². The van der Waals surface area contributed by atoms with E-state index in [1.807, 2.05) is 12.1 Å². The third-order valence-corrected chi connectivity index (χ3v) is 5.44. The predicted molar refractivity (Wildman–Crippen MR) is 116 cm³/mol. The number of anilines is 2. The van der Waals surface area contributed by atoms with Gasteiger partial charge in [0.1, 0.15) is 17.2 Å². The van der Waals surface area contributed by atoms with Crippen LogP contribution in [0, 0.1) is 0 Å². The lowest BCUT2D eigenvalue weighted by atomic mass is 9.87. The monoisotopic (exact) mass is 412 g/mol. The van der Waals surface area contributed by atoms with Gasteiger partial charge in [-0.3, -0.25) is 0 Å². The van der Waals surface area contributed by atoms with Gasteiger partial charge in [0.15, 0.2) is 0 Å². The smallest absolute Gasteiger partial charge is 0.399 e. The Bertz CT molecular complexity index is 943. The Kier molecular flexibility index (Phi) is 5.76. The van der Waals surface area contributed by atoms with Gasteiger partial charge in [0, 0.05) is 11.4 Å². The Morgan fingerprint density at radius 1 is 0.621 bits per heavy atom. The summed E-state index contributed by atoms with van der Waals surface area (Å²) in [5.41, 5.74) is 13.6. The summed E-state index contributed by atoms with van der Waals surface area (Å²) >= 11 is 0. The van der Waals surface area contributed by atoms with Crippen LogP contribution in [0.2, 0.25) is 0 Å². The average Bonchev–Trinajstić information content (AvgIpc) is 2.65. The van der Waals surface area contributed by atoms with E-state index < -0.39 is 7.82 Å². The maximum atomic E-state index is 13.4. The molecule has 0 unspecified atom stereocenters. The summed E-state index contributed by atoms with van der Waals surface area (Å²) in [6.45, 7) is 6.34. The number of benzene rings is 3. The third-order valence-electron chi connectivity index (χ3n) is 4.13. The second kappa shape index (κ2) is 8.10. The van der Waals surface area contributed by atoms with Crippen LogP contribution in [0.3, 0.4) is 0 Å². The second-order valence-corrected chi connectivity index (χ2v) is 9.08. The van der Waals surface area contributed by atoms with Crippen LogP contribution in [-0.2, 0) is 9.98 Å². The first-order chi connectivity index (χ1) is 13.6. The summed E-state index contributed by atoms with van der Waals surface area (Å²) in [5.74, 6) is 0.987. The lowest BCUT2D eigenvalue weighted by molar-refractivity contribution is 0.298. The molecule has 0 aliphatic heterocycles. The zero-order valence-electron chi connectivity index (χ0n) is 16.7. The van der Waals surface area contributed by atoms with E-state index in [-0.39, 0.29) is 5.41 Å². The Hall–Kier alpha value is -3.11. The Balaban J connectivity index is 1.87. The predicted octanol–water partition coefficient (Wildman–Crippen LogP) is 5.79. The van der Waals surface area contributed by atoms with E-state index in [0.29, 0.717) is 28.6 Å². The van der Waals surface area contributed by atoms with Crippen LogP contribution in [0.4, 0.5) is 11.4 Å². The molecule has 0 amide bonds. The summed E-state index contributed by atoms with van der Waals surface area (Å²) in [5, 5.41) is 0. The summed E-state index contributed by atoms with van der Waals surface area (Å²) in [4.78, 5) is 0. The average molecular weight is 412 g/mol. The fraction of sp³-hybridized carbons (Fsp3) is 0.182. The number of rotatable bonds is 6. The molecule has 0 saturated heterocycles. The second-order valence-electron chi connectivity index (χ2n) is 7.63. The zero-order valence-corrected chi connectivity index (χ0v) is 17.6. The number of phosphoric ester groups is 1. The number of nitrogens with two attached hydrogens (primary N) is 2. The molecule has 152 valence electrons. The maximum absolute atomic E-state index is 13.4. The van der Waals surface area contributed by atoms with Gasteiger partial charge in [0.25, 0.3) is 0 Å². The van der Waals surface area contributed by atoms with Crippen molar-refractivity contribution < 1.29 is 18.1 Å². The first kappa shape index (κ1) is 20.6. The van der Waals surface area contributed by atoms with Crippen LogP contribution < -0.4 is 25.0 Å². The zero-order chi connectivity index (χ0) is 21.1. The molecule has 0 aliphatic carbocycles. The van der Waals surface area contributed by atoms with Gasteiger partial charge < -0.3 is 25.0 Å². The first-order valence-electron chi connectivity index (χ1n) is 9.13. The van der Waals surface area contributed by atoms with Crippen molar-refractivity contribution in [3.05, 3.63) is 78.4 Å². The highest BCUT2D eigenvalue weighted by molar-refractivity contribution is 7.49. The van der Waals surface area contributed by atoms with Crippen LogP contribution in [-0.4, -0.2) is 0 Å². The minimum absolute atomic E-state index is 0.0107. The van der Waals surface area contributed by atoms with Crippen molar-refractivity contribution in [2.45, 2.75) is 26.2 Å². The van der Waals surface area contributed by atoms with E-state index in [9.17, 15) is 4.57 Å². The standard InChI is InChI=1S/C22H25N2O4P/c1-22(2,3)16-4-10-19(11-5-16)26-29(25,27-20-12-6-17(23)7-13-20)28-21-14-8-18(24)9-15-21/h4-15H,23-24H2,1-3H3. The minimum atomic E-state index is -4.05. The van der Waals surface area contributed by atoms with Gasteiger partial charge in [-0.15, -0.1) is 0 Å². The SMILES string of the molecule is CC(C)(C)c1ccc(OP(=O)(Oc2ccc(N)cc2)Oc2ccc(N)cc2)cc1. The molecule has 3 aromatic carbocycles. The van der Waals surface area contributed by atoms with Gasteiger partial charge in [0.05, 0.1) is 0 Å². The topological polar surface area (TPSA) is 96.8 Å². The van der Waals surface area contributed by atoms with Crippen molar-refractivity contribution in [1.29, 1.82) is 0 Å². The largest absolute Gasteiger partial charge is 0.647 e. The van der Waals surface area contributed by atoms with E-state index in [1.165, 1.54) is 0 Å². The molecule has 29 heavy (non-hydrogen) atoms. The minimum Gasteiger partial charge on any atom is -0.399 e. The molecule has 0 bridgehead atoms.